The Morgan fingerprint density at radius 2 is 1.96 bits per heavy atom. The molecule has 0 atom stereocenters. The molecule has 3 rings (SSSR count). The molecule has 1 aliphatic heterocycles. The number of halogens is 1. The fraction of sp³-hybridized carbons (Fsp3) is 0.182. The third-order valence-corrected chi connectivity index (χ3v) is 5.66. The summed E-state index contributed by atoms with van der Waals surface area (Å²) in [6.07, 6.45) is 8.48. The zero-order valence-corrected chi connectivity index (χ0v) is 17.5. The van der Waals surface area contributed by atoms with Gasteiger partial charge in [-0.25, -0.2) is 0 Å². The third kappa shape index (κ3) is 5.06. The second kappa shape index (κ2) is 9.63. The molecular formula is C22H18BrNO3S. The molecule has 0 bridgehead atoms. The highest BCUT2D eigenvalue weighted by molar-refractivity contribution is 9.10. The van der Waals surface area contributed by atoms with E-state index in [-0.39, 0.29) is 17.8 Å². The van der Waals surface area contributed by atoms with Crippen molar-refractivity contribution in [3.05, 3.63) is 69.0 Å². The van der Waals surface area contributed by atoms with E-state index in [1.54, 1.807) is 12.1 Å². The lowest BCUT2D eigenvalue weighted by Crippen LogP contribution is -2.29. The van der Waals surface area contributed by atoms with E-state index < -0.39 is 0 Å². The first-order chi connectivity index (χ1) is 13.6. The summed E-state index contributed by atoms with van der Waals surface area (Å²) < 4.78 is 6.14. The van der Waals surface area contributed by atoms with Crippen molar-refractivity contribution in [2.24, 2.45) is 0 Å². The Kier molecular flexibility index (Phi) is 6.96. The first-order valence-corrected chi connectivity index (χ1v) is 10.3. The van der Waals surface area contributed by atoms with Crippen LogP contribution in [0.4, 0.5) is 4.79 Å². The highest BCUT2D eigenvalue weighted by Gasteiger charge is 2.34. The smallest absolute Gasteiger partial charge is 0.293 e. The summed E-state index contributed by atoms with van der Waals surface area (Å²) in [7, 11) is 0. The van der Waals surface area contributed by atoms with Crippen molar-refractivity contribution in [2.75, 3.05) is 13.2 Å². The number of hydrogen-bond donors (Lipinski definition) is 0. The fourth-order valence-electron chi connectivity index (χ4n) is 2.77. The minimum Gasteiger partial charge on any atom is -0.480 e. The van der Waals surface area contributed by atoms with E-state index in [0.717, 1.165) is 34.6 Å². The second-order valence-corrected chi connectivity index (χ2v) is 7.95. The lowest BCUT2D eigenvalue weighted by molar-refractivity contribution is -0.122. The van der Waals surface area contributed by atoms with Gasteiger partial charge in [-0.1, -0.05) is 42.3 Å². The normalized spacial score (nSPS) is 15.1. The maximum atomic E-state index is 12.6. The number of carbonyl (C=O) groups excluding carboxylic acids is 2. The van der Waals surface area contributed by atoms with Gasteiger partial charge < -0.3 is 4.74 Å². The highest BCUT2D eigenvalue weighted by atomic mass is 79.9. The summed E-state index contributed by atoms with van der Waals surface area (Å²) in [4.78, 5) is 26.6. The van der Waals surface area contributed by atoms with Gasteiger partial charge in [-0.15, -0.1) is 6.42 Å². The molecule has 2 amide bonds. The van der Waals surface area contributed by atoms with Crippen molar-refractivity contribution in [3.8, 4) is 18.1 Å². The van der Waals surface area contributed by atoms with Crippen molar-refractivity contribution in [3.63, 3.8) is 0 Å². The van der Waals surface area contributed by atoms with E-state index in [9.17, 15) is 9.59 Å². The maximum absolute atomic E-state index is 12.6. The molecule has 1 saturated heterocycles. The van der Waals surface area contributed by atoms with Crippen LogP contribution in [0.15, 0.2) is 57.9 Å². The van der Waals surface area contributed by atoms with Crippen LogP contribution in [0.3, 0.4) is 0 Å². The van der Waals surface area contributed by atoms with Gasteiger partial charge in [-0.3, -0.25) is 14.5 Å². The molecule has 0 spiro atoms. The molecular weight excluding hydrogens is 438 g/mol. The van der Waals surface area contributed by atoms with Gasteiger partial charge in [0.1, 0.15) is 12.4 Å². The summed E-state index contributed by atoms with van der Waals surface area (Å²) in [5, 5.41) is -0.225. The van der Waals surface area contributed by atoms with Gasteiger partial charge in [0.25, 0.3) is 11.1 Å². The minimum atomic E-state index is -0.244. The van der Waals surface area contributed by atoms with Gasteiger partial charge in [-0.05, 0) is 69.9 Å². The van der Waals surface area contributed by atoms with Crippen LogP contribution in [0, 0.1) is 12.3 Å². The molecule has 0 aromatic heterocycles. The van der Waals surface area contributed by atoms with E-state index >= 15 is 0 Å². The molecule has 2 aromatic carbocycles. The Morgan fingerprint density at radius 1 is 1.18 bits per heavy atom. The number of terminal acetylenes is 1. The minimum absolute atomic E-state index is 0.180. The van der Waals surface area contributed by atoms with Crippen LogP contribution in [-0.2, 0) is 11.2 Å². The van der Waals surface area contributed by atoms with Gasteiger partial charge in [0.05, 0.1) is 9.38 Å². The Hall–Kier alpha value is -2.49. The summed E-state index contributed by atoms with van der Waals surface area (Å²) >= 11 is 4.40. The molecule has 2 aromatic rings. The van der Waals surface area contributed by atoms with E-state index in [1.807, 2.05) is 42.5 Å². The zero-order chi connectivity index (χ0) is 19.9. The van der Waals surface area contributed by atoms with Crippen LogP contribution in [0.5, 0.6) is 5.75 Å². The number of benzene rings is 2. The molecule has 28 heavy (non-hydrogen) atoms. The van der Waals surface area contributed by atoms with E-state index in [4.69, 9.17) is 11.2 Å². The first kappa shape index (κ1) is 20.2. The third-order valence-electron chi connectivity index (χ3n) is 4.13. The topological polar surface area (TPSA) is 46.6 Å². The van der Waals surface area contributed by atoms with Crippen molar-refractivity contribution < 1.29 is 14.3 Å². The molecule has 1 heterocycles. The Labute approximate surface area is 177 Å². The number of ether oxygens (including phenoxy) is 1. The van der Waals surface area contributed by atoms with Crippen LogP contribution in [0.1, 0.15) is 17.5 Å². The van der Waals surface area contributed by atoms with Crippen LogP contribution >= 0.6 is 27.7 Å². The first-order valence-electron chi connectivity index (χ1n) is 8.73. The van der Waals surface area contributed by atoms with Gasteiger partial charge in [-0.2, -0.15) is 0 Å². The van der Waals surface area contributed by atoms with Crippen LogP contribution in [-0.4, -0.2) is 29.2 Å². The molecule has 6 heteroatoms. The zero-order valence-electron chi connectivity index (χ0n) is 15.1. The van der Waals surface area contributed by atoms with Crippen molar-refractivity contribution in [1.82, 2.24) is 4.90 Å². The summed E-state index contributed by atoms with van der Waals surface area (Å²) in [5.74, 6) is 2.80. The Balaban J connectivity index is 1.64. The van der Waals surface area contributed by atoms with E-state index in [2.05, 4.69) is 21.9 Å². The van der Waals surface area contributed by atoms with Gasteiger partial charge in [0.2, 0.25) is 0 Å². The number of hydrogen-bond acceptors (Lipinski definition) is 4. The highest BCUT2D eigenvalue weighted by Crippen LogP contribution is 2.34. The molecule has 0 unspecified atom stereocenters. The standard InChI is InChI=1S/C22H18BrNO3S/c1-2-13-27-19-11-10-17(14-18(19)23)15-20-21(25)24(22(26)28-20)12-6-9-16-7-4-3-5-8-16/h1,3-5,7-8,10-11,14-15H,6,9,12-13H2/b20-15+. The number of nitrogens with zero attached hydrogens (tertiary/aromatic N) is 1. The predicted molar refractivity (Wildman–Crippen MR) is 116 cm³/mol. The average Bonchev–Trinajstić information content (AvgIpc) is 2.95. The summed E-state index contributed by atoms with van der Waals surface area (Å²) in [6.45, 7) is 0.597. The fourth-order valence-corrected chi connectivity index (χ4v) is 4.15. The number of imide groups is 1. The van der Waals surface area contributed by atoms with Crippen molar-refractivity contribution >= 4 is 44.9 Å². The quantitative estimate of drug-likeness (QED) is 0.428. The monoisotopic (exact) mass is 455 g/mol. The summed E-state index contributed by atoms with van der Waals surface area (Å²) in [6, 6.07) is 15.5. The van der Waals surface area contributed by atoms with Crippen molar-refractivity contribution in [1.29, 1.82) is 0 Å². The van der Waals surface area contributed by atoms with Crippen LogP contribution < -0.4 is 4.74 Å². The van der Waals surface area contributed by atoms with Gasteiger partial charge in [0, 0.05) is 6.54 Å². The maximum Gasteiger partial charge on any atom is 0.293 e. The van der Waals surface area contributed by atoms with Crippen LogP contribution in [0.2, 0.25) is 0 Å². The molecule has 0 aliphatic carbocycles. The van der Waals surface area contributed by atoms with E-state index in [0.29, 0.717) is 17.2 Å². The average molecular weight is 456 g/mol. The van der Waals surface area contributed by atoms with Gasteiger partial charge >= 0.3 is 0 Å². The lowest BCUT2D eigenvalue weighted by atomic mass is 10.1. The Bertz CT molecular complexity index is 950. The number of carbonyl (C=O) groups is 2. The largest absolute Gasteiger partial charge is 0.480 e. The SMILES string of the molecule is C#CCOc1ccc(/C=C2/SC(=O)N(CCCc3ccccc3)C2=O)cc1Br. The number of amides is 2. The van der Waals surface area contributed by atoms with Crippen molar-refractivity contribution in [2.45, 2.75) is 12.8 Å². The molecule has 0 radical (unpaired) electrons. The lowest BCUT2D eigenvalue weighted by Gasteiger charge is -2.12. The van der Waals surface area contributed by atoms with E-state index in [1.165, 1.54) is 10.5 Å². The molecule has 1 aliphatic rings. The van der Waals surface area contributed by atoms with Gasteiger partial charge in [0.15, 0.2) is 0 Å². The van der Waals surface area contributed by atoms with Crippen LogP contribution in [0.25, 0.3) is 6.08 Å². The molecule has 1 fully saturated rings. The predicted octanol–water partition coefficient (Wildman–Crippen LogP) is 5.13. The summed E-state index contributed by atoms with van der Waals surface area (Å²) in [5.41, 5.74) is 2.00. The molecule has 4 nitrogen and oxygen atoms in total. The number of thioether (sulfide) groups is 1. The second-order valence-electron chi connectivity index (χ2n) is 6.11. The number of aryl methyl sites for hydroxylation is 1. The number of rotatable bonds is 7. The molecule has 0 N–H and O–H groups in total. The Morgan fingerprint density at radius 3 is 2.68 bits per heavy atom. The molecule has 142 valence electrons. The molecule has 0 saturated carbocycles.